The molecule has 4 unspecified atom stereocenters. The van der Waals surface area contributed by atoms with Crippen LogP contribution in [0.3, 0.4) is 0 Å². The topological polar surface area (TPSA) is 162 Å². The third kappa shape index (κ3) is 6.64. The molecule has 28 heavy (non-hydrogen) atoms. The highest BCUT2D eigenvalue weighted by Crippen LogP contribution is 2.19. The molecule has 0 spiro atoms. The maximum atomic E-state index is 12.8. The number of aliphatic carboxylic acids is 1. The second kappa shape index (κ2) is 11.2. The zero-order valence-electron chi connectivity index (χ0n) is 16.1. The van der Waals surface area contributed by atoms with Gasteiger partial charge in [0, 0.05) is 12.3 Å². The molecule has 0 saturated carbocycles. The average molecular weight is 419 g/mol. The predicted octanol–water partition coefficient (Wildman–Crippen LogP) is -1.67. The second-order valence-corrected chi connectivity index (χ2v) is 7.62. The molecular formula is C17H30N4O6S. The molecule has 1 aliphatic heterocycles. The molecule has 0 aromatic rings. The van der Waals surface area contributed by atoms with Crippen molar-refractivity contribution in [1.29, 1.82) is 0 Å². The third-order valence-electron chi connectivity index (χ3n) is 4.49. The minimum absolute atomic E-state index is 0.0152. The molecule has 1 rings (SSSR count). The first-order valence-corrected chi connectivity index (χ1v) is 9.86. The number of carbonyl (C=O) groups is 4. The van der Waals surface area contributed by atoms with Gasteiger partial charge in [-0.25, -0.2) is 4.79 Å². The Morgan fingerprint density at radius 2 is 1.86 bits per heavy atom. The molecule has 3 amide bonds. The molecule has 160 valence electrons. The van der Waals surface area contributed by atoms with Crippen molar-refractivity contribution in [2.45, 2.75) is 57.3 Å². The standard InChI is InChI=1S/C17H30N4O6S/c1-9(2)6-11(17(26)27)19-15(24)13-4-3-5-21(13)16(25)12(8-28)20-14(23)10(18)7-22/h9-13,22,28H,3-8,18H2,1-2H3,(H,19,24)(H,20,23)(H,26,27). The number of carboxylic acid groups (broad SMARTS) is 1. The summed E-state index contributed by atoms with van der Waals surface area (Å²) in [6, 6.07) is -4.02. The highest BCUT2D eigenvalue weighted by Gasteiger charge is 2.38. The van der Waals surface area contributed by atoms with Crippen LogP contribution in [0.15, 0.2) is 0 Å². The fraction of sp³-hybridized carbons (Fsp3) is 0.765. The molecule has 1 heterocycles. The smallest absolute Gasteiger partial charge is 0.326 e. The van der Waals surface area contributed by atoms with E-state index in [4.69, 9.17) is 10.8 Å². The van der Waals surface area contributed by atoms with Gasteiger partial charge in [0.05, 0.1) is 6.61 Å². The fourth-order valence-electron chi connectivity index (χ4n) is 3.01. The number of likely N-dealkylation sites (tertiary alicyclic amines) is 1. The number of aliphatic hydroxyl groups excluding tert-OH is 1. The zero-order valence-corrected chi connectivity index (χ0v) is 17.0. The van der Waals surface area contributed by atoms with E-state index in [0.29, 0.717) is 19.4 Å². The minimum atomic E-state index is -1.17. The van der Waals surface area contributed by atoms with Crippen molar-refractivity contribution in [2.75, 3.05) is 18.9 Å². The normalized spacial score (nSPS) is 19.8. The Bertz CT molecular complexity index is 588. The Balaban J connectivity index is 2.83. The lowest BCUT2D eigenvalue weighted by Gasteiger charge is -2.29. The molecule has 0 radical (unpaired) electrons. The van der Waals surface area contributed by atoms with E-state index in [1.165, 1.54) is 4.90 Å². The van der Waals surface area contributed by atoms with E-state index in [9.17, 15) is 24.3 Å². The highest BCUT2D eigenvalue weighted by molar-refractivity contribution is 7.80. The first kappa shape index (κ1) is 24.2. The summed E-state index contributed by atoms with van der Waals surface area (Å²) in [5, 5.41) is 23.2. The van der Waals surface area contributed by atoms with Gasteiger partial charge in [0.1, 0.15) is 24.2 Å². The van der Waals surface area contributed by atoms with Crippen molar-refractivity contribution < 1.29 is 29.4 Å². The fourth-order valence-corrected chi connectivity index (χ4v) is 3.26. The second-order valence-electron chi connectivity index (χ2n) is 7.25. The Labute approximate surface area is 169 Å². The van der Waals surface area contributed by atoms with Gasteiger partial charge in [-0.3, -0.25) is 14.4 Å². The van der Waals surface area contributed by atoms with Gasteiger partial charge in [-0.15, -0.1) is 0 Å². The van der Waals surface area contributed by atoms with Crippen molar-refractivity contribution in [3.8, 4) is 0 Å². The number of hydrogen-bond donors (Lipinski definition) is 6. The van der Waals surface area contributed by atoms with Crippen LogP contribution < -0.4 is 16.4 Å². The van der Waals surface area contributed by atoms with Crippen LogP contribution >= 0.6 is 12.6 Å². The van der Waals surface area contributed by atoms with Crippen molar-refractivity contribution >= 4 is 36.3 Å². The maximum Gasteiger partial charge on any atom is 0.326 e. The summed E-state index contributed by atoms with van der Waals surface area (Å²) in [7, 11) is 0. The van der Waals surface area contributed by atoms with Crippen LogP contribution in [0.1, 0.15) is 33.1 Å². The van der Waals surface area contributed by atoms with E-state index in [1.54, 1.807) is 0 Å². The molecule has 1 fully saturated rings. The monoisotopic (exact) mass is 418 g/mol. The van der Waals surface area contributed by atoms with Crippen molar-refractivity contribution in [1.82, 2.24) is 15.5 Å². The SMILES string of the molecule is CC(C)CC(NC(=O)C1CCCN1C(=O)C(CS)NC(=O)C(N)CO)C(=O)O. The zero-order chi connectivity index (χ0) is 21.4. The largest absolute Gasteiger partial charge is 0.480 e. The van der Waals surface area contributed by atoms with E-state index < -0.39 is 54.5 Å². The summed E-state index contributed by atoms with van der Waals surface area (Å²) in [6.07, 6.45) is 1.25. The third-order valence-corrected chi connectivity index (χ3v) is 4.86. The molecule has 1 aliphatic rings. The van der Waals surface area contributed by atoms with Crippen LogP contribution in [0.25, 0.3) is 0 Å². The van der Waals surface area contributed by atoms with Crippen molar-refractivity contribution in [3.63, 3.8) is 0 Å². The number of thiol groups is 1. The van der Waals surface area contributed by atoms with Gasteiger partial charge in [0.15, 0.2) is 0 Å². The van der Waals surface area contributed by atoms with Crippen LogP contribution in [0, 0.1) is 5.92 Å². The van der Waals surface area contributed by atoms with Gasteiger partial charge in [-0.1, -0.05) is 13.8 Å². The molecule has 6 N–H and O–H groups in total. The molecule has 10 nitrogen and oxygen atoms in total. The number of nitrogens with zero attached hydrogens (tertiary/aromatic N) is 1. The lowest BCUT2D eigenvalue weighted by molar-refractivity contribution is -0.145. The van der Waals surface area contributed by atoms with Crippen molar-refractivity contribution in [3.05, 3.63) is 0 Å². The molecule has 4 atom stereocenters. The number of rotatable bonds is 10. The van der Waals surface area contributed by atoms with Gasteiger partial charge in [0.2, 0.25) is 17.7 Å². The van der Waals surface area contributed by atoms with Crippen LogP contribution in [-0.2, 0) is 19.2 Å². The molecule has 0 aliphatic carbocycles. The Morgan fingerprint density at radius 1 is 1.21 bits per heavy atom. The summed E-state index contributed by atoms with van der Waals surface area (Å²) < 4.78 is 0. The summed E-state index contributed by atoms with van der Waals surface area (Å²) in [5.41, 5.74) is 5.44. The highest BCUT2D eigenvalue weighted by atomic mass is 32.1. The number of carboxylic acids is 1. The number of nitrogens with two attached hydrogens (primary N) is 1. The summed E-state index contributed by atoms with van der Waals surface area (Å²) >= 11 is 4.08. The van der Waals surface area contributed by atoms with Gasteiger partial charge in [0.25, 0.3) is 0 Å². The molecule has 0 aromatic heterocycles. The Hall–Kier alpha value is -1.85. The molecular weight excluding hydrogens is 388 g/mol. The van der Waals surface area contributed by atoms with Crippen LogP contribution in [0.4, 0.5) is 0 Å². The van der Waals surface area contributed by atoms with E-state index in [-0.39, 0.29) is 18.1 Å². The molecule has 0 aromatic carbocycles. The first-order valence-electron chi connectivity index (χ1n) is 9.23. The lowest BCUT2D eigenvalue weighted by Crippen LogP contribution is -2.57. The maximum absolute atomic E-state index is 12.8. The Kier molecular flexibility index (Phi) is 9.70. The van der Waals surface area contributed by atoms with Crippen LogP contribution in [0.5, 0.6) is 0 Å². The number of nitrogens with one attached hydrogen (secondary N) is 2. The quantitative estimate of drug-likeness (QED) is 0.231. The van der Waals surface area contributed by atoms with Crippen LogP contribution in [-0.4, -0.2) is 81.9 Å². The lowest BCUT2D eigenvalue weighted by atomic mass is 10.0. The van der Waals surface area contributed by atoms with Gasteiger partial charge in [-0.05, 0) is 25.2 Å². The number of aliphatic hydroxyl groups is 1. The molecule has 0 bridgehead atoms. The summed E-state index contributed by atoms with van der Waals surface area (Å²) in [4.78, 5) is 50.0. The minimum Gasteiger partial charge on any atom is -0.480 e. The van der Waals surface area contributed by atoms with Gasteiger partial charge in [-0.2, -0.15) is 12.6 Å². The Morgan fingerprint density at radius 3 is 2.36 bits per heavy atom. The number of amides is 3. The van der Waals surface area contributed by atoms with E-state index >= 15 is 0 Å². The van der Waals surface area contributed by atoms with E-state index in [1.807, 2.05) is 13.8 Å². The summed E-state index contributed by atoms with van der Waals surface area (Å²) in [5.74, 6) is -2.80. The van der Waals surface area contributed by atoms with Gasteiger partial charge < -0.3 is 31.5 Å². The van der Waals surface area contributed by atoms with Gasteiger partial charge >= 0.3 is 5.97 Å². The molecule has 1 saturated heterocycles. The van der Waals surface area contributed by atoms with Crippen LogP contribution in [0.2, 0.25) is 0 Å². The average Bonchev–Trinajstić information content (AvgIpc) is 3.13. The molecule has 11 heteroatoms. The predicted molar refractivity (Wildman–Crippen MR) is 105 cm³/mol. The van der Waals surface area contributed by atoms with E-state index in [2.05, 4.69) is 23.3 Å². The van der Waals surface area contributed by atoms with E-state index in [0.717, 1.165) is 0 Å². The van der Waals surface area contributed by atoms with Crippen molar-refractivity contribution in [2.24, 2.45) is 11.7 Å². The summed E-state index contributed by atoms with van der Waals surface area (Å²) in [6.45, 7) is 3.45. The number of carbonyl (C=O) groups excluding carboxylic acids is 3. The first-order chi connectivity index (χ1) is 13.1. The number of hydrogen-bond acceptors (Lipinski definition) is 7.